The summed E-state index contributed by atoms with van der Waals surface area (Å²) in [4.78, 5) is 24.6. The molecule has 5 aromatic rings. The minimum Gasteiger partial charge on any atom is -0.358 e. The second kappa shape index (κ2) is 6.38. The van der Waals surface area contributed by atoms with Crippen molar-refractivity contribution in [1.29, 1.82) is 0 Å². The molecule has 4 heterocycles. The Bertz CT molecular complexity index is 1280. The Hall–Kier alpha value is -3.88. The molecule has 0 bridgehead atoms. The lowest BCUT2D eigenvalue weighted by atomic mass is 10.2. The molecule has 5 rings (SSSR count). The van der Waals surface area contributed by atoms with E-state index in [9.17, 15) is 4.39 Å². The first-order valence-corrected chi connectivity index (χ1v) is 8.69. The quantitative estimate of drug-likeness (QED) is 0.500. The van der Waals surface area contributed by atoms with Crippen LogP contribution in [0.5, 0.6) is 0 Å². The van der Waals surface area contributed by atoms with Gasteiger partial charge >= 0.3 is 0 Å². The van der Waals surface area contributed by atoms with Crippen LogP contribution in [0.3, 0.4) is 0 Å². The van der Waals surface area contributed by atoms with Crippen LogP contribution in [-0.2, 0) is 0 Å². The van der Waals surface area contributed by atoms with Gasteiger partial charge in [-0.2, -0.15) is 0 Å². The van der Waals surface area contributed by atoms with Crippen molar-refractivity contribution in [1.82, 2.24) is 34.5 Å². The van der Waals surface area contributed by atoms with Crippen molar-refractivity contribution in [3.63, 3.8) is 0 Å². The van der Waals surface area contributed by atoms with Crippen LogP contribution < -0.4 is 5.32 Å². The van der Waals surface area contributed by atoms with Crippen LogP contribution in [0, 0.1) is 5.82 Å². The molecule has 0 saturated carbocycles. The predicted molar refractivity (Wildman–Crippen MR) is 103 cm³/mol. The molecule has 0 spiro atoms. The third kappa shape index (κ3) is 2.64. The minimum absolute atomic E-state index is 0.239. The Kier molecular flexibility index (Phi) is 3.71. The van der Waals surface area contributed by atoms with Gasteiger partial charge in [0.15, 0.2) is 11.5 Å². The van der Waals surface area contributed by atoms with Crippen LogP contribution in [0.25, 0.3) is 27.9 Å². The number of pyridine rings is 1. The highest BCUT2D eigenvalue weighted by atomic mass is 19.1. The number of anilines is 1. The average Bonchev–Trinajstić information content (AvgIpc) is 3.33. The fourth-order valence-electron chi connectivity index (χ4n) is 3.26. The van der Waals surface area contributed by atoms with Gasteiger partial charge in [0.2, 0.25) is 0 Å². The standard InChI is InChI=1S/C19H15FN8/c1-11(26-18-16-17(23-9-22-16)24-10-25-18)19-27-14-5-4-12(20)7-15(14)28(19)13-3-2-6-21-8-13/h2-11H,1H3,(H2,22,23,24,25,26). The number of aromatic amines is 1. The maximum absolute atomic E-state index is 13.9. The van der Waals surface area contributed by atoms with Crippen molar-refractivity contribution in [2.24, 2.45) is 0 Å². The number of nitrogens with one attached hydrogen (secondary N) is 2. The molecule has 1 atom stereocenters. The second-order valence-corrected chi connectivity index (χ2v) is 6.34. The number of rotatable bonds is 4. The number of imidazole rings is 2. The molecule has 0 saturated heterocycles. The molecule has 0 radical (unpaired) electrons. The highest BCUT2D eigenvalue weighted by Crippen LogP contribution is 2.28. The number of fused-ring (bicyclic) bond motifs is 2. The zero-order valence-corrected chi connectivity index (χ0v) is 14.8. The van der Waals surface area contributed by atoms with Gasteiger partial charge in [0.05, 0.1) is 35.3 Å². The van der Waals surface area contributed by atoms with Gasteiger partial charge in [-0.05, 0) is 31.2 Å². The first-order valence-electron chi connectivity index (χ1n) is 8.69. The van der Waals surface area contributed by atoms with Crippen LogP contribution in [0.1, 0.15) is 18.8 Å². The van der Waals surface area contributed by atoms with Crippen LogP contribution in [0.2, 0.25) is 0 Å². The van der Waals surface area contributed by atoms with Crippen LogP contribution in [-0.4, -0.2) is 34.5 Å². The van der Waals surface area contributed by atoms with E-state index in [2.05, 4.69) is 30.2 Å². The number of hydrogen-bond donors (Lipinski definition) is 2. The molecule has 28 heavy (non-hydrogen) atoms. The molecule has 1 unspecified atom stereocenters. The minimum atomic E-state index is -0.320. The van der Waals surface area contributed by atoms with Gasteiger partial charge < -0.3 is 10.3 Å². The van der Waals surface area contributed by atoms with Crippen molar-refractivity contribution in [2.45, 2.75) is 13.0 Å². The van der Waals surface area contributed by atoms with E-state index in [0.717, 1.165) is 5.69 Å². The topological polar surface area (TPSA) is 97.2 Å². The van der Waals surface area contributed by atoms with Gasteiger partial charge in [-0.25, -0.2) is 24.3 Å². The molecule has 1 aromatic carbocycles. The predicted octanol–water partition coefficient (Wildman–Crippen LogP) is 3.40. The summed E-state index contributed by atoms with van der Waals surface area (Å²) >= 11 is 0. The van der Waals surface area contributed by atoms with Crippen molar-refractivity contribution in [2.75, 3.05) is 5.32 Å². The monoisotopic (exact) mass is 374 g/mol. The lowest BCUT2D eigenvalue weighted by molar-refractivity contribution is 0.629. The van der Waals surface area contributed by atoms with E-state index in [1.807, 2.05) is 23.6 Å². The van der Waals surface area contributed by atoms with Gasteiger partial charge in [-0.1, -0.05) is 0 Å². The summed E-state index contributed by atoms with van der Waals surface area (Å²) in [6, 6.07) is 8.06. The normalized spacial score (nSPS) is 12.5. The zero-order chi connectivity index (χ0) is 19.1. The van der Waals surface area contributed by atoms with E-state index in [1.165, 1.54) is 18.5 Å². The number of benzene rings is 1. The number of aromatic nitrogens is 7. The van der Waals surface area contributed by atoms with Crippen molar-refractivity contribution in [3.8, 4) is 5.69 Å². The fourth-order valence-corrected chi connectivity index (χ4v) is 3.26. The largest absolute Gasteiger partial charge is 0.358 e. The Labute approximate surface area is 158 Å². The summed E-state index contributed by atoms with van der Waals surface area (Å²) < 4.78 is 15.8. The van der Waals surface area contributed by atoms with Gasteiger partial charge in [0, 0.05) is 12.3 Å². The Morgan fingerprint density at radius 1 is 1.18 bits per heavy atom. The Morgan fingerprint density at radius 3 is 2.96 bits per heavy atom. The van der Waals surface area contributed by atoms with Gasteiger partial charge in [-0.3, -0.25) is 9.55 Å². The number of halogens is 1. The maximum atomic E-state index is 13.9. The summed E-state index contributed by atoms with van der Waals surface area (Å²) in [5.41, 5.74) is 3.46. The second-order valence-electron chi connectivity index (χ2n) is 6.34. The molecule has 2 N–H and O–H groups in total. The summed E-state index contributed by atoms with van der Waals surface area (Å²) in [5.74, 6) is 1.01. The van der Waals surface area contributed by atoms with E-state index in [4.69, 9.17) is 4.98 Å². The molecule has 0 aliphatic carbocycles. The summed E-state index contributed by atoms with van der Waals surface area (Å²) in [6.07, 6.45) is 6.45. The van der Waals surface area contributed by atoms with Crippen LogP contribution in [0.15, 0.2) is 55.4 Å². The van der Waals surface area contributed by atoms with E-state index < -0.39 is 0 Å². The Morgan fingerprint density at radius 2 is 2.11 bits per heavy atom. The molecule has 138 valence electrons. The summed E-state index contributed by atoms with van der Waals surface area (Å²) in [7, 11) is 0. The molecule has 0 amide bonds. The molecule has 0 aliphatic rings. The third-order valence-electron chi connectivity index (χ3n) is 4.51. The highest BCUT2D eigenvalue weighted by molar-refractivity contribution is 5.82. The van der Waals surface area contributed by atoms with Crippen molar-refractivity contribution in [3.05, 3.63) is 67.0 Å². The van der Waals surface area contributed by atoms with Crippen molar-refractivity contribution < 1.29 is 4.39 Å². The molecule has 4 aromatic heterocycles. The molecule has 0 fully saturated rings. The Balaban J connectivity index is 1.64. The van der Waals surface area contributed by atoms with E-state index in [0.29, 0.717) is 33.8 Å². The van der Waals surface area contributed by atoms with Crippen LogP contribution >= 0.6 is 0 Å². The number of hydrogen-bond acceptors (Lipinski definition) is 6. The molecular formula is C19H15FN8. The molecule has 0 aliphatic heterocycles. The lowest BCUT2D eigenvalue weighted by Gasteiger charge is -2.17. The summed E-state index contributed by atoms with van der Waals surface area (Å²) in [6.45, 7) is 1.97. The number of nitrogens with zero attached hydrogens (tertiary/aromatic N) is 6. The van der Waals surface area contributed by atoms with Crippen molar-refractivity contribution >= 4 is 28.0 Å². The smallest absolute Gasteiger partial charge is 0.182 e. The average molecular weight is 374 g/mol. The first-order chi connectivity index (χ1) is 13.7. The van der Waals surface area contributed by atoms with Gasteiger partial charge in [0.1, 0.15) is 23.5 Å². The molecule has 8 nitrogen and oxygen atoms in total. The van der Waals surface area contributed by atoms with E-state index >= 15 is 0 Å². The SMILES string of the molecule is CC(Nc1ncnc2nc[nH]c12)c1nc2ccc(F)cc2n1-c1cccnc1. The number of H-pyrrole nitrogens is 1. The van der Waals surface area contributed by atoms with Gasteiger partial charge in [-0.15, -0.1) is 0 Å². The zero-order valence-electron chi connectivity index (χ0n) is 14.8. The third-order valence-corrected chi connectivity index (χ3v) is 4.51. The maximum Gasteiger partial charge on any atom is 0.182 e. The molecule has 9 heteroatoms. The van der Waals surface area contributed by atoms with Gasteiger partial charge in [0.25, 0.3) is 0 Å². The fraction of sp³-hybridized carbons (Fsp3) is 0.105. The van der Waals surface area contributed by atoms with Crippen LogP contribution in [0.4, 0.5) is 10.2 Å². The molecular weight excluding hydrogens is 359 g/mol. The van der Waals surface area contributed by atoms with E-state index in [1.54, 1.807) is 24.8 Å². The van der Waals surface area contributed by atoms with E-state index in [-0.39, 0.29) is 11.9 Å². The first kappa shape index (κ1) is 16.3. The highest BCUT2D eigenvalue weighted by Gasteiger charge is 2.20. The summed E-state index contributed by atoms with van der Waals surface area (Å²) in [5, 5.41) is 3.35. The lowest BCUT2D eigenvalue weighted by Crippen LogP contribution is -2.14.